The number of rotatable bonds is 9. The molecule has 3 rings (SSSR count). The highest BCUT2D eigenvalue weighted by atomic mass is 32.2. The number of carbonyl (C=O) groups excluding carboxylic acids is 1. The minimum Gasteiger partial charge on any atom is -0.497 e. The van der Waals surface area contributed by atoms with E-state index >= 15 is 0 Å². The molecule has 0 spiro atoms. The van der Waals surface area contributed by atoms with Crippen LogP contribution in [0, 0.1) is 0 Å². The molecular weight excluding hydrogens is 432 g/mol. The number of carbonyl (C=O) groups is 1. The molecule has 1 N–H and O–H groups in total. The molecule has 1 atom stereocenters. The van der Waals surface area contributed by atoms with Crippen LogP contribution in [-0.2, 0) is 21.4 Å². The number of benzene rings is 2. The summed E-state index contributed by atoms with van der Waals surface area (Å²) in [5, 5.41) is 2.92. The van der Waals surface area contributed by atoms with Crippen molar-refractivity contribution in [2.75, 3.05) is 20.3 Å². The minimum absolute atomic E-state index is 0.0217. The predicted octanol–water partition coefficient (Wildman–Crippen LogP) is 3.56. The second-order valence-electron chi connectivity index (χ2n) is 7.98. The zero-order valence-electron chi connectivity index (χ0n) is 18.6. The van der Waals surface area contributed by atoms with E-state index in [2.05, 4.69) is 5.32 Å². The number of hydrogen-bond acceptors (Lipinski definition) is 6. The van der Waals surface area contributed by atoms with Gasteiger partial charge in [0.05, 0.1) is 13.2 Å². The molecule has 2 aromatic rings. The fourth-order valence-electron chi connectivity index (χ4n) is 3.38. The minimum atomic E-state index is -3.96. The summed E-state index contributed by atoms with van der Waals surface area (Å²) in [7, 11) is -2.45. The van der Waals surface area contributed by atoms with E-state index in [1.54, 1.807) is 41.3 Å². The fraction of sp³-hybridized carbons (Fsp3) is 0.435. The summed E-state index contributed by atoms with van der Waals surface area (Å²) in [5.41, 5.74) is 0.857. The van der Waals surface area contributed by atoms with E-state index < -0.39 is 10.1 Å². The number of urea groups is 1. The van der Waals surface area contributed by atoms with Crippen molar-refractivity contribution in [3.63, 3.8) is 0 Å². The molecule has 1 fully saturated rings. The number of hydrogen-bond donors (Lipinski definition) is 1. The Morgan fingerprint density at radius 2 is 1.78 bits per heavy atom. The van der Waals surface area contributed by atoms with E-state index in [0.29, 0.717) is 18.8 Å². The van der Waals surface area contributed by atoms with Gasteiger partial charge in [-0.05, 0) is 68.7 Å². The Labute approximate surface area is 189 Å². The van der Waals surface area contributed by atoms with E-state index in [1.807, 2.05) is 13.8 Å². The standard InChI is InChI=1S/C23H30N2O6S/c1-17(2)24-23(26)25(16-21-5-4-14-30-21)15-18-6-8-20(9-7-18)31-32(27,28)22-12-10-19(29-3)11-13-22/h6-13,17,21H,4-5,14-16H2,1-3H3,(H,24,26)/t21-/m0/s1. The lowest BCUT2D eigenvalue weighted by Crippen LogP contribution is -2.45. The van der Waals surface area contributed by atoms with Gasteiger partial charge >= 0.3 is 16.1 Å². The first kappa shape index (κ1) is 23.9. The summed E-state index contributed by atoms with van der Waals surface area (Å²) in [4.78, 5) is 14.4. The molecule has 2 aromatic carbocycles. The van der Waals surface area contributed by atoms with Crippen molar-refractivity contribution in [3.05, 3.63) is 54.1 Å². The topological polar surface area (TPSA) is 94.2 Å². The molecule has 0 aliphatic carbocycles. The fourth-order valence-corrected chi connectivity index (χ4v) is 4.31. The highest BCUT2D eigenvalue weighted by molar-refractivity contribution is 7.87. The summed E-state index contributed by atoms with van der Waals surface area (Å²) < 4.78 is 41.0. The molecule has 2 amide bonds. The molecule has 0 bridgehead atoms. The van der Waals surface area contributed by atoms with Crippen molar-refractivity contribution in [2.45, 2.75) is 50.3 Å². The van der Waals surface area contributed by atoms with Crippen LogP contribution in [0.15, 0.2) is 53.4 Å². The first-order valence-corrected chi connectivity index (χ1v) is 12.0. The van der Waals surface area contributed by atoms with Gasteiger partial charge in [0.1, 0.15) is 16.4 Å². The van der Waals surface area contributed by atoms with Crippen LogP contribution in [0.1, 0.15) is 32.3 Å². The maximum atomic E-state index is 12.6. The lowest BCUT2D eigenvalue weighted by molar-refractivity contribution is 0.0791. The molecule has 9 heteroatoms. The molecule has 1 saturated heterocycles. The molecule has 8 nitrogen and oxygen atoms in total. The van der Waals surface area contributed by atoms with Gasteiger partial charge in [-0.3, -0.25) is 0 Å². The quantitative estimate of drug-likeness (QED) is 0.573. The Morgan fingerprint density at radius 3 is 2.34 bits per heavy atom. The van der Waals surface area contributed by atoms with Crippen LogP contribution in [0.4, 0.5) is 4.79 Å². The Bertz CT molecular complexity index is 984. The van der Waals surface area contributed by atoms with Crippen LogP contribution in [0.3, 0.4) is 0 Å². The van der Waals surface area contributed by atoms with Gasteiger partial charge in [0.15, 0.2) is 0 Å². The van der Waals surface area contributed by atoms with Gasteiger partial charge < -0.3 is 23.9 Å². The van der Waals surface area contributed by atoms with Crippen molar-refractivity contribution in [1.29, 1.82) is 0 Å². The molecule has 0 saturated carbocycles. The summed E-state index contributed by atoms with van der Waals surface area (Å²) in [6.45, 7) is 5.43. The van der Waals surface area contributed by atoms with Gasteiger partial charge in [-0.1, -0.05) is 12.1 Å². The third kappa shape index (κ3) is 6.61. The number of methoxy groups -OCH3 is 1. The largest absolute Gasteiger partial charge is 0.497 e. The lowest BCUT2D eigenvalue weighted by atomic mass is 10.2. The van der Waals surface area contributed by atoms with Crippen LogP contribution in [0.5, 0.6) is 11.5 Å². The predicted molar refractivity (Wildman–Crippen MR) is 120 cm³/mol. The summed E-state index contributed by atoms with van der Waals surface area (Å²) in [6, 6.07) is 12.5. The van der Waals surface area contributed by atoms with Crippen molar-refractivity contribution in [2.24, 2.45) is 0 Å². The number of nitrogens with one attached hydrogen (secondary N) is 1. The third-order valence-corrected chi connectivity index (χ3v) is 6.26. The SMILES string of the molecule is COc1ccc(S(=O)(=O)Oc2ccc(CN(C[C@@H]3CCCO3)C(=O)NC(C)C)cc2)cc1. The van der Waals surface area contributed by atoms with Crippen molar-refractivity contribution in [1.82, 2.24) is 10.2 Å². The molecule has 174 valence electrons. The number of ether oxygens (including phenoxy) is 2. The molecule has 32 heavy (non-hydrogen) atoms. The third-order valence-electron chi connectivity index (χ3n) is 5.00. The zero-order chi connectivity index (χ0) is 23.1. The van der Waals surface area contributed by atoms with Crippen molar-refractivity contribution >= 4 is 16.1 Å². The first-order valence-electron chi connectivity index (χ1n) is 10.6. The summed E-state index contributed by atoms with van der Waals surface area (Å²) >= 11 is 0. The van der Waals surface area contributed by atoms with Gasteiger partial charge in [-0.2, -0.15) is 8.42 Å². The van der Waals surface area contributed by atoms with Gasteiger partial charge in [0.25, 0.3) is 0 Å². The molecule has 0 radical (unpaired) electrons. The van der Waals surface area contributed by atoms with E-state index in [9.17, 15) is 13.2 Å². The van der Waals surface area contributed by atoms with E-state index in [1.165, 1.54) is 19.2 Å². The van der Waals surface area contributed by atoms with Crippen molar-refractivity contribution in [3.8, 4) is 11.5 Å². The molecule has 1 aliphatic rings. The monoisotopic (exact) mass is 462 g/mol. The van der Waals surface area contributed by atoms with Crippen LogP contribution < -0.4 is 14.2 Å². The maximum absolute atomic E-state index is 12.6. The van der Waals surface area contributed by atoms with Gasteiger partial charge in [0, 0.05) is 25.7 Å². The lowest BCUT2D eigenvalue weighted by Gasteiger charge is -2.27. The highest BCUT2D eigenvalue weighted by Gasteiger charge is 2.23. The highest BCUT2D eigenvalue weighted by Crippen LogP contribution is 2.22. The van der Waals surface area contributed by atoms with E-state index in [4.69, 9.17) is 13.7 Å². The van der Waals surface area contributed by atoms with Crippen LogP contribution in [0.25, 0.3) is 0 Å². The Hall–Kier alpha value is -2.78. The van der Waals surface area contributed by atoms with Gasteiger partial charge in [-0.25, -0.2) is 4.79 Å². The molecule has 0 unspecified atom stereocenters. The molecule has 0 aromatic heterocycles. The first-order chi connectivity index (χ1) is 15.3. The van der Waals surface area contributed by atoms with E-state index in [-0.39, 0.29) is 28.8 Å². The zero-order valence-corrected chi connectivity index (χ0v) is 19.4. The Kier molecular flexibility index (Phi) is 7.98. The van der Waals surface area contributed by atoms with E-state index in [0.717, 1.165) is 25.0 Å². The summed E-state index contributed by atoms with van der Waals surface area (Å²) in [6.07, 6.45) is 1.96. The number of nitrogens with zero attached hydrogens (tertiary/aromatic N) is 1. The van der Waals surface area contributed by atoms with Crippen molar-refractivity contribution < 1.29 is 26.9 Å². The average Bonchev–Trinajstić information content (AvgIpc) is 3.27. The van der Waals surface area contributed by atoms with Crippen LogP contribution in [0.2, 0.25) is 0 Å². The molecule has 1 aliphatic heterocycles. The second kappa shape index (κ2) is 10.7. The Balaban J connectivity index is 1.67. The molecular formula is C23H30N2O6S. The van der Waals surface area contributed by atoms with Gasteiger partial charge in [-0.15, -0.1) is 0 Å². The maximum Gasteiger partial charge on any atom is 0.339 e. The van der Waals surface area contributed by atoms with Crippen LogP contribution in [-0.4, -0.2) is 51.8 Å². The Morgan fingerprint density at radius 1 is 1.12 bits per heavy atom. The van der Waals surface area contributed by atoms with Gasteiger partial charge in [0.2, 0.25) is 0 Å². The smallest absolute Gasteiger partial charge is 0.339 e. The second-order valence-corrected chi connectivity index (χ2v) is 9.52. The molecule has 1 heterocycles. The number of amides is 2. The normalized spacial score (nSPS) is 16.1. The average molecular weight is 463 g/mol. The summed E-state index contributed by atoms with van der Waals surface area (Å²) in [5.74, 6) is 0.754. The van der Waals surface area contributed by atoms with Crippen LogP contribution >= 0.6 is 0 Å².